The quantitative estimate of drug-likeness (QED) is 0.0277. The maximum atomic E-state index is 14.7. The van der Waals surface area contributed by atoms with Crippen LogP contribution in [0.15, 0.2) is 30.3 Å². The van der Waals surface area contributed by atoms with Crippen LogP contribution in [0.5, 0.6) is 0 Å². The predicted octanol–water partition coefficient (Wildman–Crippen LogP) is -3.89. The fraction of sp³-hybridized carbons (Fsp3) is 0.697. The first-order valence-electron chi connectivity index (χ1n) is 39.2. The summed E-state index contributed by atoms with van der Waals surface area (Å²) in [5, 5.41) is 58.5. The molecule has 0 heterocycles. The average molecular weight is 1610 g/mol. The summed E-state index contributed by atoms with van der Waals surface area (Å²) in [6, 6.07) is -9.71. The monoisotopic (exact) mass is 1610 g/mol. The normalized spacial score (nSPS) is 15.3. The van der Waals surface area contributed by atoms with Gasteiger partial charge in [-0.1, -0.05) is 140 Å². The number of rotatable bonds is 55. The molecule has 1 aromatic rings. The van der Waals surface area contributed by atoms with E-state index in [1.807, 2.05) is 27.7 Å². The predicted molar refractivity (Wildman–Crippen MR) is 423 cm³/mol. The Kier molecular flexibility index (Phi) is 47.6. The number of hydrogen-bond acceptors (Lipinski definition) is 21. The number of aliphatic hydroxyl groups excluding tert-OH is 1. The van der Waals surface area contributed by atoms with Gasteiger partial charge < -0.3 is 113 Å². The van der Waals surface area contributed by atoms with E-state index in [9.17, 15) is 91.7 Å². The largest absolute Gasteiger partial charge is 0.481 e. The molecule has 0 bridgehead atoms. The minimum Gasteiger partial charge on any atom is -0.481 e. The van der Waals surface area contributed by atoms with Gasteiger partial charge in [0.25, 0.3) is 0 Å². The van der Waals surface area contributed by atoms with Crippen LogP contribution in [0.1, 0.15) is 180 Å². The summed E-state index contributed by atoms with van der Waals surface area (Å²) < 4.78 is 0. The third kappa shape index (κ3) is 37.8. The molecule has 0 aliphatic rings. The Morgan fingerprint density at radius 1 is 0.368 bits per heavy atom. The molecule has 15 atom stereocenters. The number of aliphatic carboxylic acids is 1. The van der Waals surface area contributed by atoms with Crippen molar-refractivity contribution in [2.45, 2.75) is 259 Å². The van der Waals surface area contributed by atoms with Gasteiger partial charge in [-0.2, -0.15) is 0 Å². The second-order valence-corrected chi connectivity index (χ2v) is 30.6. The Labute approximate surface area is 668 Å². The number of aliphatic hydroxyl groups is 1. The number of carboxylic acids is 1. The molecule has 644 valence electrons. The number of nitrogens with one attached hydrogen (secondary N) is 15. The topological polar surface area (TPSA) is 615 Å². The number of nitrogens with two attached hydrogens (primary N) is 4. The molecule has 0 saturated heterocycles. The summed E-state index contributed by atoms with van der Waals surface area (Å²) in [6.45, 7) is 22.5. The van der Waals surface area contributed by atoms with Crippen molar-refractivity contribution >= 4 is 100 Å². The molecule has 25 N–H and O–H groups in total. The first-order chi connectivity index (χ1) is 53.5. The van der Waals surface area contributed by atoms with Gasteiger partial charge in [0.15, 0.2) is 0 Å². The number of unbranched alkanes of at least 4 members (excludes halogenated alkanes) is 2. The summed E-state index contributed by atoms with van der Waals surface area (Å²) in [5.41, 5.74) is 23.2. The SMILES string of the molecule is CC[C@H](C)[C@H](NC(=O)[C@H](CC(=O)O)NC(=O)[C@H](Cc1ccccc1)NC(=O)[C@H](CC(C)C)NC(=O)CN)C(=O)N[C@H](C(=O)N[C@@H](CCCCN)C(=O)N[C@@H](CCCCN)C(=O)N[C@H](C(=O)N[C@@H](C)C(=O)N[C@@H](CO)C(=O)N[C@H](C(=O)N[C@H](C(=O)NCC(=O)NCC(=O)N[C@@H](CC(C)C)C(N)=O)C(C)C)C(C)C)C(C)C)[C@@H](C)CC. The molecule has 0 saturated carbocycles. The zero-order valence-corrected chi connectivity index (χ0v) is 68.8. The lowest BCUT2D eigenvalue weighted by atomic mass is 9.94. The van der Waals surface area contributed by atoms with E-state index >= 15 is 0 Å². The maximum Gasteiger partial charge on any atom is 0.305 e. The first kappa shape index (κ1) is 102. The molecular weight excluding hydrogens is 1480 g/mol. The zero-order chi connectivity index (χ0) is 86.8. The Hall–Kier alpha value is -9.95. The number of primary amides is 1. The van der Waals surface area contributed by atoms with Crippen LogP contribution in [-0.2, 0) is 87.9 Å². The van der Waals surface area contributed by atoms with Crippen LogP contribution in [0.4, 0.5) is 0 Å². The van der Waals surface area contributed by atoms with Gasteiger partial charge in [-0.15, -0.1) is 0 Å². The summed E-state index contributed by atoms with van der Waals surface area (Å²) in [4.78, 5) is 231. The van der Waals surface area contributed by atoms with Crippen LogP contribution in [0.2, 0.25) is 0 Å². The molecule has 114 heavy (non-hydrogen) atoms. The first-order valence-corrected chi connectivity index (χ1v) is 39.2. The van der Waals surface area contributed by atoms with Crippen molar-refractivity contribution in [1.82, 2.24) is 79.8 Å². The van der Waals surface area contributed by atoms with Gasteiger partial charge in [0.05, 0.1) is 32.7 Å². The summed E-state index contributed by atoms with van der Waals surface area (Å²) in [7, 11) is 0. The van der Waals surface area contributed by atoms with Crippen LogP contribution < -0.4 is 103 Å². The van der Waals surface area contributed by atoms with Gasteiger partial charge >= 0.3 is 5.97 Å². The zero-order valence-electron chi connectivity index (χ0n) is 68.8. The number of carbonyl (C=O) groups excluding carboxylic acids is 16. The van der Waals surface area contributed by atoms with Crippen LogP contribution in [0.3, 0.4) is 0 Å². The van der Waals surface area contributed by atoms with Crippen molar-refractivity contribution in [3.63, 3.8) is 0 Å². The van der Waals surface area contributed by atoms with Gasteiger partial charge in [-0.25, -0.2) is 0 Å². The fourth-order valence-electron chi connectivity index (χ4n) is 11.6. The number of carboxylic acid groups (broad SMARTS) is 1. The highest BCUT2D eigenvalue weighted by Gasteiger charge is 2.40. The third-order valence-electron chi connectivity index (χ3n) is 18.8. The van der Waals surface area contributed by atoms with E-state index in [0.29, 0.717) is 18.4 Å². The van der Waals surface area contributed by atoms with Crippen molar-refractivity contribution in [3.8, 4) is 0 Å². The number of hydrogen-bond donors (Lipinski definition) is 21. The minimum absolute atomic E-state index is 0.0227. The standard InChI is InChI=1S/C76H131N19O19/c1-16-44(13)62(95-76(114)63(45(14)17-2)94-70(108)53(34-58(100)101)89-69(107)52(33-47-25-19-18-20-26-47)88-68(106)51(32-40(5)6)85-55(97)35-79)75(113)87-48(27-21-23-29-77)66(104)86-49(28-22-24-30-78)67(105)91-60(42(9)10)73(111)83-46(15)65(103)90-54(38-96)71(109)92-61(43(11)12)74(112)93-59(41(7)8)72(110)82-36-56(98)81-37-57(99)84-50(64(80)102)31-39(3)4/h18-20,25-26,39-46,48-54,59-63,96H,16-17,21-24,27-38,77-79H2,1-15H3,(H2,80,102)(H,81,98)(H,82,110)(H,83,111)(H,84,99)(H,85,97)(H,86,104)(H,87,113)(H,88,106)(H,89,107)(H,90,103)(H,91,105)(H,92,109)(H,93,112)(H,94,108)(H,95,114)(H,100,101)/t44-,45-,46-,48-,49-,50-,51-,52-,53-,54-,59-,60-,61-,62-,63-/m0/s1. The van der Waals surface area contributed by atoms with Crippen molar-refractivity contribution in [1.29, 1.82) is 0 Å². The van der Waals surface area contributed by atoms with Crippen LogP contribution in [0.25, 0.3) is 0 Å². The van der Waals surface area contributed by atoms with Gasteiger partial charge in [0.1, 0.15) is 78.5 Å². The second kappa shape index (κ2) is 53.2. The van der Waals surface area contributed by atoms with Crippen LogP contribution >= 0.6 is 0 Å². The van der Waals surface area contributed by atoms with Gasteiger partial charge in [-0.3, -0.25) is 81.5 Å². The van der Waals surface area contributed by atoms with Gasteiger partial charge in [0, 0.05) is 6.42 Å². The average Bonchev–Trinajstić information content (AvgIpc) is 0.845. The minimum atomic E-state index is -1.84. The molecule has 0 aliphatic heterocycles. The maximum absolute atomic E-state index is 14.7. The molecule has 38 heteroatoms. The van der Waals surface area contributed by atoms with Crippen molar-refractivity contribution in [2.75, 3.05) is 39.3 Å². The lowest BCUT2D eigenvalue weighted by Crippen LogP contribution is -2.62. The highest BCUT2D eigenvalue weighted by Crippen LogP contribution is 2.17. The Morgan fingerprint density at radius 3 is 1.20 bits per heavy atom. The molecule has 0 unspecified atom stereocenters. The van der Waals surface area contributed by atoms with E-state index in [0.717, 1.165) is 0 Å². The number of carbonyl (C=O) groups is 17. The number of benzene rings is 1. The number of amides is 16. The van der Waals surface area contributed by atoms with E-state index < -0.39 is 241 Å². The third-order valence-corrected chi connectivity index (χ3v) is 18.8. The van der Waals surface area contributed by atoms with E-state index in [-0.39, 0.29) is 82.7 Å². The molecule has 38 nitrogen and oxygen atoms in total. The van der Waals surface area contributed by atoms with Crippen molar-refractivity contribution in [2.24, 2.45) is 64.4 Å². The molecule has 0 spiro atoms. The van der Waals surface area contributed by atoms with E-state index in [4.69, 9.17) is 22.9 Å². The Balaban J connectivity index is 3.45. The lowest BCUT2D eigenvalue weighted by Gasteiger charge is -2.31. The van der Waals surface area contributed by atoms with Gasteiger partial charge in [0.2, 0.25) is 94.5 Å². The van der Waals surface area contributed by atoms with Crippen LogP contribution in [0, 0.1) is 41.4 Å². The Bertz CT molecular complexity index is 3340. The van der Waals surface area contributed by atoms with Gasteiger partial charge in [-0.05, 0) is 118 Å². The molecule has 1 rings (SSSR count). The summed E-state index contributed by atoms with van der Waals surface area (Å²) in [6.07, 6.45) is 1.10. The molecule has 16 amide bonds. The lowest BCUT2D eigenvalue weighted by molar-refractivity contribution is -0.142. The molecule has 0 radical (unpaired) electrons. The highest BCUT2D eigenvalue weighted by atomic mass is 16.4. The molecular formula is C76H131N19O19. The molecule has 0 aliphatic carbocycles. The van der Waals surface area contributed by atoms with Crippen molar-refractivity contribution in [3.05, 3.63) is 35.9 Å². The van der Waals surface area contributed by atoms with Crippen molar-refractivity contribution < 1.29 is 91.7 Å². The molecule has 0 fully saturated rings. The molecule has 1 aromatic carbocycles. The summed E-state index contributed by atoms with van der Waals surface area (Å²) in [5.74, 6) is -18.6. The second-order valence-electron chi connectivity index (χ2n) is 30.6. The fourth-order valence-corrected chi connectivity index (χ4v) is 11.6. The smallest absolute Gasteiger partial charge is 0.305 e. The molecule has 0 aromatic heterocycles. The van der Waals surface area contributed by atoms with E-state index in [1.54, 1.807) is 99.6 Å². The Morgan fingerprint density at radius 2 is 0.737 bits per heavy atom. The van der Waals surface area contributed by atoms with Crippen LogP contribution in [-0.4, -0.2) is 229 Å². The van der Waals surface area contributed by atoms with E-state index in [1.165, 1.54) is 6.92 Å². The van der Waals surface area contributed by atoms with E-state index in [2.05, 4.69) is 79.8 Å². The highest BCUT2D eigenvalue weighted by molar-refractivity contribution is 6.01. The summed E-state index contributed by atoms with van der Waals surface area (Å²) >= 11 is 0.